The molecule has 0 aromatic carbocycles. The van der Waals surface area contributed by atoms with Gasteiger partial charge in [0.15, 0.2) is 0 Å². The van der Waals surface area contributed by atoms with Crippen LogP contribution < -0.4 is 5.32 Å². The highest BCUT2D eigenvalue weighted by Crippen LogP contribution is 2.35. The zero-order valence-corrected chi connectivity index (χ0v) is 17.8. The fourth-order valence-electron chi connectivity index (χ4n) is 4.08. The fourth-order valence-corrected chi connectivity index (χ4v) is 4.08. The van der Waals surface area contributed by atoms with Crippen molar-refractivity contribution in [1.82, 2.24) is 19.4 Å². The minimum Gasteiger partial charge on any atom is -0.365 e. The monoisotopic (exact) mass is 395 g/mol. The Hall–Kier alpha value is -2.83. The van der Waals surface area contributed by atoms with E-state index in [0.717, 1.165) is 30.0 Å². The van der Waals surface area contributed by atoms with Crippen LogP contribution in [0.3, 0.4) is 0 Å². The van der Waals surface area contributed by atoms with E-state index in [1.807, 2.05) is 30.0 Å². The molecule has 4 heterocycles. The number of amides is 1. The maximum Gasteiger partial charge on any atom is 0.259 e. The Bertz CT molecular complexity index is 1020. The molecule has 1 fully saturated rings. The van der Waals surface area contributed by atoms with Gasteiger partial charge in [0.25, 0.3) is 5.91 Å². The third-order valence-electron chi connectivity index (χ3n) is 5.47. The smallest absolute Gasteiger partial charge is 0.259 e. The van der Waals surface area contributed by atoms with Crippen LogP contribution in [0.4, 0.5) is 5.82 Å². The van der Waals surface area contributed by atoms with Gasteiger partial charge in [-0.1, -0.05) is 11.2 Å². The van der Waals surface area contributed by atoms with Crippen molar-refractivity contribution in [1.29, 1.82) is 0 Å². The predicted molar refractivity (Wildman–Crippen MR) is 112 cm³/mol. The van der Waals surface area contributed by atoms with E-state index in [9.17, 15) is 4.79 Å². The van der Waals surface area contributed by atoms with E-state index in [1.54, 1.807) is 6.92 Å². The summed E-state index contributed by atoms with van der Waals surface area (Å²) < 4.78 is 7.30. The number of hydrogen-bond donors (Lipinski definition) is 1. The summed E-state index contributed by atoms with van der Waals surface area (Å²) in [4.78, 5) is 19.8. The molecular formula is C22H29N5O2. The molecule has 1 aliphatic rings. The molecule has 0 spiro atoms. The van der Waals surface area contributed by atoms with Crippen molar-refractivity contribution in [2.24, 2.45) is 0 Å². The molecule has 3 aromatic heterocycles. The lowest BCUT2D eigenvalue weighted by molar-refractivity contribution is 0.0710. The van der Waals surface area contributed by atoms with Gasteiger partial charge in [-0.2, -0.15) is 0 Å². The molecule has 0 saturated carbocycles. The molecule has 7 nitrogen and oxygen atoms in total. The number of piperidine rings is 1. The molecule has 1 amide bonds. The molecule has 1 aliphatic heterocycles. The van der Waals surface area contributed by atoms with Crippen molar-refractivity contribution in [2.45, 2.75) is 58.9 Å². The maximum atomic E-state index is 12.9. The molecular weight excluding hydrogens is 366 g/mol. The van der Waals surface area contributed by atoms with Crippen LogP contribution in [-0.2, 0) is 0 Å². The lowest BCUT2D eigenvalue weighted by Crippen LogP contribution is -2.38. The predicted octanol–water partition coefficient (Wildman–Crippen LogP) is 4.17. The lowest BCUT2D eigenvalue weighted by atomic mass is 9.92. The molecule has 1 N–H and O–H groups in total. The minimum atomic E-state index is -0.0689. The van der Waals surface area contributed by atoms with E-state index in [0.29, 0.717) is 36.0 Å². The van der Waals surface area contributed by atoms with Crippen LogP contribution in [0.1, 0.15) is 67.0 Å². The SMILES string of the molecule is Cc1noc(C)c1C(=O)N1CCC(c2nc3ccccn3c2NC(C)(C)C)CC1. The van der Waals surface area contributed by atoms with Gasteiger partial charge in [-0.05, 0) is 59.6 Å². The molecule has 7 heteroatoms. The minimum absolute atomic E-state index is 0.0164. The number of fused-ring (bicyclic) bond motifs is 1. The quantitative estimate of drug-likeness (QED) is 0.720. The summed E-state index contributed by atoms with van der Waals surface area (Å²) in [6.07, 6.45) is 3.83. The highest BCUT2D eigenvalue weighted by molar-refractivity contribution is 5.96. The molecule has 154 valence electrons. The van der Waals surface area contributed by atoms with Gasteiger partial charge < -0.3 is 14.7 Å². The van der Waals surface area contributed by atoms with E-state index >= 15 is 0 Å². The molecule has 4 rings (SSSR count). The third-order valence-corrected chi connectivity index (χ3v) is 5.47. The summed E-state index contributed by atoms with van der Waals surface area (Å²) in [5.41, 5.74) is 3.23. The largest absolute Gasteiger partial charge is 0.365 e. The molecule has 0 radical (unpaired) electrons. The van der Waals surface area contributed by atoms with Crippen LogP contribution in [0.5, 0.6) is 0 Å². The van der Waals surface area contributed by atoms with Crippen molar-refractivity contribution in [3.05, 3.63) is 47.1 Å². The standard InChI is InChI=1S/C22H29N5O2/c1-14-18(15(2)29-25-14)21(28)26-12-9-16(10-13-26)19-20(24-22(3,4)5)27-11-7-6-8-17(27)23-19/h6-8,11,16,24H,9-10,12-13H2,1-5H3. The van der Waals surface area contributed by atoms with E-state index in [2.05, 4.69) is 41.8 Å². The number of nitrogens with zero attached hydrogens (tertiary/aromatic N) is 4. The summed E-state index contributed by atoms with van der Waals surface area (Å²) in [6, 6.07) is 6.07. The number of hydrogen-bond acceptors (Lipinski definition) is 5. The van der Waals surface area contributed by atoms with E-state index in [4.69, 9.17) is 9.51 Å². The fraction of sp³-hybridized carbons (Fsp3) is 0.500. The molecule has 0 bridgehead atoms. The molecule has 29 heavy (non-hydrogen) atoms. The first-order valence-corrected chi connectivity index (χ1v) is 10.2. The number of rotatable bonds is 3. The van der Waals surface area contributed by atoms with Gasteiger partial charge in [0.1, 0.15) is 22.8 Å². The Morgan fingerprint density at radius 1 is 1.21 bits per heavy atom. The van der Waals surface area contributed by atoms with Gasteiger partial charge in [0.05, 0.1) is 11.4 Å². The van der Waals surface area contributed by atoms with Crippen molar-refractivity contribution >= 4 is 17.4 Å². The van der Waals surface area contributed by atoms with E-state index < -0.39 is 0 Å². The zero-order valence-electron chi connectivity index (χ0n) is 17.8. The van der Waals surface area contributed by atoms with Crippen molar-refractivity contribution in [3.63, 3.8) is 0 Å². The number of carbonyl (C=O) groups excluding carboxylic acids is 1. The normalized spacial score (nSPS) is 15.8. The van der Waals surface area contributed by atoms with Gasteiger partial charge >= 0.3 is 0 Å². The summed E-state index contributed by atoms with van der Waals surface area (Å²) in [6.45, 7) is 11.5. The highest BCUT2D eigenvalue weighted by atomic mass is 16.5. The van der Waals surface area contributed by atoms with Crippen LogP contribution >= 0.6 is 0 Å². The number of aryl methyl sites for hydroxylation is 2. The van der Waals surface area contributed by atoms with Gasteiger partial charge in [0.2, 0.25) is 0 Å². The first kappa shape index (κ1) is 19.5. The van der Waals surface area contributed by atoms with Crippen LogP contribution in [0, 0.1) is 13.8 Å². The topological polar surface area (TPSA) is 75.7 Å². The number of likely N-dealkylation sites (tertiary alicyclic amines) is 1. The number of pyridine rings is 1. The van der Waals surface area contributed by atoms with Gasteiger partial charge in [-0.15, -0.1) is 0 Å². The highest BCUT2D eigenvalue weighted by Gasteiger charge is 2.31. The van der Waals surface area contributed by atoms with Crippen molar-refractivity contribution in [3.8, 4) is 0 Å². The Morgan fingerprint density at radius 2 is 1.93 bits per heavy atom. The Balaban J connectivity index is 1.56. The number of carbonyl (C=O) groups is 1. The maximum absolute atomic E-state index is 12.9. The second-order valence-corrected chi connectivity index (χ2v) is 8.92. The number of imidazole rings is 1. The number of anilines is 1. The molecule has 0 atom stereocenters. The number of nitrogens with one attached hydrogen (secondary N) is 1. The van der Waals surface area contributed by atoms with E-state index in [-0.39, 0.29) is 11.4 Å². The summed E-state index contributed by atoms with van der Waals surface area (Å²) in [5, 5.41) is 7.56. The van der Waals surface area contributed by atoms with E-state index in [1.165, 1.54) is 0 Å². The molecule has 0 unspecified atom stereocenters. The average molecular weight is 396 g/mol. The number of aromatic nitrogens is 3. The Morgan fingerprint density at radius 3 is 2.55 bits per heavy atom. The van der Waals surface area contributed by atoms with Crippen molar-refractivity contribution in [2.75, 3.05) is 18.4 Å². The summed E-state index contributed by atoms with van der Waals surface area (Å²) in [5.74, 6) is 1.98. The Labute approximate surface area is 171 Å². The van der Waals surface area contributed by atoms with Crippen molar-refractivity contribution < 1.29 is 9.32 Å². The third kappa shape index (κ3) is 3.73. The first-order chi connectivity index (χ1) is 13.7. The molecule has 1 saturated heterocycles. The summed E-state index contributed by atoms with van der Waals surface area (Å²) >= 11 is 0. The second kappa shape index (κ2) is 7.21. The van der Waals surface area contributed by atoms with Gasteiger partial charge in [0, 0.05) is 30.7 Å². The first-order valence-electron chi connectivity index (χ1n) is 10.2. The van der Waals surface area contributed by atoms with Crippen LogP contribution in [0.2, 0.25) is 0 Å². The second-order valence-electron chi connectivity index (χ2n) is 8.92. The zero-order chi connectivity index (χ0) is 20.8. The van der Waals surface area contributed by atoms with Crippen LogP contribution in [0.25, 0.3) is 5.65 Å². The van der Waals surface area contributed by atoms with Gasteiger partial charge in [-0.3, -0.25) is 9.20 Å². The average Bonchev–Trinajstić information content (AvgIpc) is 3.20. The molecule has 3 aromatic rings. The van der Waals surface area contributed by atoms with Gasteiger partial charge in [-0.25, -0.2) is 4.98 Å². The lowest BCUT2D eigenvalue weighted by Gasteiger charge is -2.32. The van der Waals surface area contributed by atoms with Crippen LogP contribution in [-0.4, -0.2) is 44.0 Å². The van der Waals surface area contributed by atoms with Crippen LogP contribution in [0.15, 0.2) is 28.9 Å². The Kier molecular flexibility index (Phi) is 4.84. The molecule has 0 aliphatic carbocycles. The summed E-state index contributed by atoms with van der Waals surface area (Å²) in [7, 11) is 0.